The normalized spacial score (nSPS) is 13.7. The summed E-state index contributed by atoms with van der Waals surface area (Å²) in [5.41, 5.74) is 2.25. The minimum Gasteiger partial charge on any atom is -0.367 e. The molecule has 0 spiro atoms. The average molecular weight is 499 g/mol. The molecule has 2 aromatic carbocycles. The second kappa shape index (κ2) is 12.1. The Hall–Kier alpha value is -3.06. The molecule has 0 aliphatic carbocycles. The number of nitrogens with one attached hydrogen (secondary N) is 1. The maximum atomic E-state index is 13.4. The monoisotopic (exact) mass is 498 g/mol. The second-order valence-electron chi connectivity index (χ2n) is 9.11. The topological polar surface area (TPSA) is 73.0 Å². The quantitative estimate of drug-likeness (QED) is 0.569. The van der Waals surface area contributed by atoms with Crippen molar-refractivity contribution in [3.05, 3.63) is 58.6 Å². The molecule has 1 heterocycles. The molecule has 188 valence electrons. The number of carbonyl (C=O) groups is 3. The summed E-state index contributed by atoms with van der Waals surface area (Å²) < 4.78 is 0. The highest BCUT2D eigenvalue weighted by Crippen LogP contribution is 2.28. The molecule has 3 amide bonds. The third-order valence-electron chi connectivity index (χ3n) is 6.21. The molecule has 0 atom stereocenters. The van der Waals surface area contributed by atoms with Gasteiger partial charge in [0.05, 0.1) is 16.1 Å². The zero-order valence-electron chi connectivity index (χ0n) is 21.0. The van der Waals surface area contributed by atoms with E-state index < -0.39 is 0 Å². The van der Waals surface area contributed by atoms with Gasteiger partial charge in [0.25, 0.3) is 11.8 Å². The van der Waals surface area contributed by atoms with Gasteiger partial charge < -0.3 is 20.0 Å². The van der Waals surface area contributed by atoms with Gasteiger partial charge in [0, 0.05) is 57.1 Å². The lowest BCUT2D eigenvalue weighted by atomic mass is 10.1. The van der Waals surface area contributed by atoms with Crippen molar-refractivity contribution in [3.8, 4) is 0 Å². The van der Waals surface area contributed by atoms with Crippen LogP contribution in [0.2, 0.25) is 5.02 Å². The summed E-state index contributed by atoms with van der Waals surface area (Å²) in [6, 6.07) is 12.3. The van der Waals surface area contributed by atoms with Gasteiger partial charge in [-0.3, -0.25) is 14.4 Å². The smallest absolute Gasteiger partial charge is 0.257 e. The van der Waals surface area contributed by atoms with Crippen LogP contribution in [0.15, 0.2) is 42.5 Å². The third-order valence-corrected chi connectivity index (χ3v) is 6.54. The van der Waals surface area contributed by atoms with Crippen molar-refractivity contribution in [1.29, 1.82) is 0 Å². The van der Waals surface area contributed by atoms with Crippen LogP contribution in [0.1, 0.15) is 54.8 Å². The van der Waals surface area contributed by atoms with Crippen LogP contribution >= 0.6 is 11.6 Å². The number of rotatable bonds is 8. The molecule has 0 unspecified atom stereocenters. The number of anilines is 2. The molecular formula is C27H35ClN4O3. The zero-order chi connectivity index (χ0) is 25.5. The van der Waals surface area contributed by atoms with Crippen molar-refractivity contribution in [1.82, 2.24) is 9.80 Å². The van der Waals surface area contributed by atoms with Crippen molar-refractivity contribution in [2.75, 3.05) is 49.5 Å². The summed E-state index contributed by atoms with van der Waals surface area (Å²) in [5, 5.41) is 3.24. The van der Waals surface area contributed by atoms with Crippen molar-refractivity contribution >= 4 is 40.7 Å². The zero-order valence-corrected chi connectivity index (χ0v) is 21.8. The van der Waals surface area contributed by atoms with Crippen LogP contribution in [0.4, 0.5) is 11.4 Å². The first-order chi connectivity index (χ1) is 16.7. The van der Waals surface area contributed by atoms with Crippen LogP contribution in [-0.4, -0.2) is 66.8 Å². The largest absolute Gasteiger partial charge is 0.367 e. The standard InChI is InChI=1S/C27H35ClN4O3/c1-5-30(6-2)27(35)22-18-20(29-26(34)21-9-7-8-10-23(21)28)11-12-24(22)31-13-15-32(16-14-31)25(33)17-19(3)4/h7-12,18-19H,5-6,13-17H2,1-4H3,(H,29,34). The van der Waals surface area contributed by atoms with Crippen molar-refractivity contribution < 1.29 is 14.4 Å². The molecule has 0 radical (unpaired) electrons. The summed E-state index contributed by atoms with van der Waals surface area (Å²) in [7, 11) is 0. The van der Waals surface area contributed by atoms with Gasteiger partial charge in [0.2, 0.25) is 5.91 Å². The van der Waals surface area contributed by atoms with Crippen LogP contribution in [0, 0.1) is 5.92 Å². The van der Waals surface area contributed by atoms with Crippen LogP contribution in [-0.2, 0) is 4.79 Å². The molecule has 3 rings (SSSR count). The molecule has 0 bridgehead atoms. The number of amides is 3. The van der Waals surface area contributed by atoms with E-state index in [9.17, 15) is 14.4 Å². The average Bonchev–Trinajstić information content (AvgIpc) is 2.84. The Morgan fingerprint density at radius 2 is 1.63 bits per heavy atom. The maximum Gasteiger partial charge on any atom is 0.257 e. The molecule has 35 heavy (non-hydrogen) atoms. The highest BCUT2D eigenvalue weighted by atomic mass is 35.5. The minimum atomic E-state index is -0.332. The van der Waals surface area contributed by atoms with E-state index in [0.717, 1.165) is 5.69 Å². The summed E-state index contributed by atoms with van der Waals surface area (Å²) in [4.78, 5) is 44.5. The number of benzene rings is 2. The Balaban J connectivity index is 1.85. The van der Waals surface area contributed by atoms with Gasteiger partial charge in [-0.1, -0.05) is 37.6 Å². The summed E-state index contributed by atoms with van der Waals surface area (Å²) in [6.07, 6.45) is 0.547. The predicted octanol–water partition coefficient (Wildman–Crippen LogP) is 4.77. The molecule has 1 N–H and O–H groups in total. The fourth-order valence-corrected chi connectivity index (χ4v) is 4.48. The van der Waals surface area contributed by atoms with Gasteiger partial charge in [0.15, 0.2) is 0 Å². The number of nitrogens with zero attached hydrogens (tertiary/aromatic N) is 3. The van der Waals surface area contributed by atoms with E-state index in [-0.39, 0.29) is 17.7 Å². The van der Waals surface area contributed by atoms with Crippen LogP contribution in [0.5, 0.6) is 0 Å². The molecule has 7 nitrogen and oxygen atoms in total. The lowest BCUT2D eigenvalue weighted by Crippen LogP contribution is -2.49. The second-order valence-corrected chi connectivity index (χ2v) is 9.52. The Labute approximate surface area is 213 Å². The molecule has 1 saturated heterocycles. The van der Waals surface area contributed by atoms with E-state index >= 15 is 0 Å². The molecule has 2 aromatic rings. The van der Waals surface area contributed by atoms with Crippen LogP contribution < -0.4 is 10.2 Å². The Morgan fingerprint density at radius 3 is 2.23 bits per heavy atom. The molecule has 0 aromatic heterocycles. The van der Waals surface area contributed by atoms with Gasteiger partial charge >= 0.3 is 0 Å². The summed E-state index contributed by atoms with van der Waals surface area (Å²) in [6.45, 7) is 11.7. The SMILES string of the molecule is CCN(CC)C(=O)c1cc(NC(=O)c2ccccc2Cl)ccc1N1CCN(C(=O)CC(C)C)CC1. The van der Waals surface area contributed by atoms with Crippen molar-refractivity contribution in [2.24, 2.45) is 5.92 Å². The highest BCUT2D eigenvalue weighted by molar-refractivity contribution is 6.34. The van der Waals surface area contributed by atoms with Gasteiger partial charge in [-0.2, -0.15) is 0 Å². The lowest BCUT2D eigenvalue weighted by Gasteiger charge is -2.37. The molecule has 0 saturated carbocycles. The molecule has 8 heteroatoms. The van der Waals surface area contributed by atoms with E-state index in [0.29, 0.717) is 73.4 Å². The first kappa shape index (κ1) is 26.5. The predicted molar refractivity (Wildman–Crippen MR) is 141 cm³/mol. The molecular weight excluding hydrogens is 464 g/mol. The van der Waals surface area contributed by atoms with E-state index in [2.05, 4.69) is 10.2 Å². The minimum absolute atomic E-state index is 0.0860. The van der Waals surface area contributed by atoms with Gasteiger partial charge in [-0.25, -0.2) is 0 Å². The number of hydrogen-bond acceptors (Lipinski definition) is 4. The van der Waals surface area contributed by atoms with Gasteiger partial charge in [-0.05, 0) is 50.1 Å². The number of halogens is 1. The van der Waals surface area contributed by atoms with E-state index in [4.69, 9.17) is 11.6 Å². The van der Waals surface area contributed by atoms with Gasteiger partial charge in [-0.15, -0.1) is 0 Å². The Kier molecular flexibility index (Phi) is 9.15. The number of carbonyl (C=O) groups excluding carboxylic acids is 3. The Bertz CT molecular complexity index is 1060. The van der Waals surface area contributed by atoms with Crippen molar-refractivity contribution in [2.45, 2.75) is 34.1 Å². The van der Waals surface area contributed by atoms with E-state index in [1.54, 1.807) is 41.3 Å². The number of piperazine rings is 1. The maximum absolute atomic E-state index is 13.4. The first-order valence-electron chi connectivity index (χ1n) is 12.3. The van der Waals surface area contributed by atoms with E-state index in [1.165, 1.54) is 0 Å². The van der Waals surface area contributed by atoms with Gasteiger partial charge in [0.1, 0.15) is 0 Å². The van der Waals surface area contributed by atoms with E-state index in [1.807, 2.05) is 38.7 Å². The third kappa shape index (κ3) is 6.54. The summed E-state index contributed by atoms with van der Waals surface area (Å²) in [5.74, 6) is 0.0862. The fourth-order valence-electron chi connectivity index (χ4n) is 4.26. The van der Waals surface area contributed by atoms with Crippen LogP contribution in [0.25, 0.3) is 0 Å². The molecule has 1 aliphatic heterocycles. The fraction of sp³-hybridized carbons (Fsp3) is 0.444. The molecule has 1 fully saturated rings. The molecule has 1 aliphatic rings. The summed E-state index contributed by atoms with van der Waals surface area (Å²) >= 11 is 6.18. The Morgan fingerprint density at radius 1 is 0.971 bits per heavy atom. The van der Waals surface area contributed by atoms with Crippen molar-refractivity contribution in [3.63, 3.8) is 0 Å². The highest BCUT2D eigenvalue weighted by Gasteiger charge is 2.26. The first-order valence-corrected chi connectivity index (χ1v) is 12.6. The lowest BCUT2D eigenvalue weighted by molar-refractivity contribution is -0.132. The van der Waals surface area contributed by atoms with Crippen LogP contribution in [0.3, 0.4) is 0 Å². The number of hydrogen-bond donors (Lipinski definition) is 1.